The molecule has 0 aliphatic rings. The maximum absolute atomic E-state index is 11.5. The van der Waals surface area contributed by atoms with Crippen LogP contribution in [0.5, 0.6) is 0 Å². The smallest absolute Gasteiger partial charge is 0.133 e. The number of carbonyl (C=O) groups excluding carboxylic acids is 1. The molecule has 88 valence electrons. The Morgan fingerprint density at radius 3 is 2.81 bits per heavy atom. The summed E-state index contributed by atoms with van der Waals surface area (Å²) in [5.74, 6) is 0.832. The van der Waals surface area contributed by atoms with Gasteiger partial charge in [-0.3, -0.25) is 4.79 Å². The average molecular weight is 283 g/mol. The van der Waals surface area contributed by atoms with Gasteiger partial charge in [-0.05, 0) is 36.5 Å². The molecule has 0 saturated heterocycles. The minimum absolute atomic E-state index is 0.394. The second kappa shape index (κ2) is 6.85. The van der Waals surface area contributed by atoms with E-state index in [1.807, 2.05) is 12.1 Å². The van der Waals surface area contributed by atoms with Crippen LogP contribution in [-0.4, -0.2) is 5.78 Å². The summed E-state index contributed by atoms with van der Waals surface area (Å²) >= 11 is 3.46. The largest absolute Gasteiger partial charge is 0.300 e. The third-order valence-corrected chi connectivity index (χ3v) is 3.07. The van der Waals surface area contributed by atoms with E-state index >= 15 is 0 Å². The predicted molar refractivity (Wildman–Crippen MR) is 71.5 cm³/mol. The van der Waals surface area contributed by atoms with Gasteiger partial charge in [0.2, 0.25) is 0 Å². The minimum atomic E-state index is 0.394. The molecule has 2 heteroatoms. The fraction of sp³-hybridized carbons (Fsp3) is 0.500. The van der Waals surface area contributed by atoms with Crippen LogP contribution in [0.25, 0.3) is 0 Å². The van der Waals surface area contributed by atoms with Gasteiger partial charge in [0.25, 0.3) is 0 Å². The summed E-state index contributed by atoms with van der Waals surface area (Å²) in [4.78, 5) is 11.5. The van der Waals surface area contributed by atoms with Crippen LogP contribution in [0, 0.1) is 5.92 Å². The van der Waals surface area contributed by atoms with E-state index in [0.717, 1.165) is 23.7 Å². The Kier molecular flexibility index (Phi) is 5.75. The lowest BCUT2D eigenvalue weighted by Crippen LogP contribution is -2.07. The van der Waals surface area contributed by atoms with Gasteiger partial charge in [0.15, 0.2) is 0 Å². The van der Waals surface area contributed by atoms with E-state index in [4.69, 9.17) is 0 Å². The first-order chi connectivity index (χ1) is 7.61. The van der Waals surface area contributed by atoms with Crippen LogP contribution in [-0.2, 0) is 11.2 Å². The van der Waals surface area contributed by atoms with Crippen molar-refractivity contribution >= 4 is 21.7 Å². The molecule has 0 amide bonds. The predicted octanol–water partition coefficient (Wildman–Crippen LogP) is 4.39. The first-order valence-electron chi connectivity index (χ1n) is 5.88. The highest BCUT2D eigenvalue weighted by Crippen LogP contribution is 2.17. The summed E-state index contributed by atoms with van der Waals surface area (Å²) in [6.45, 7) is 4.20. The fourth-order valence-electron chi connectivity index (χ4n) is 1.91. The van der Waals surface area contributed by atoms with Gasteiger partial charge >= 0.3 is 0 Å². The van der Waals surface area contributed by atoms with Crippen molar-refractivity contribution in [3.63, 3.8) is 0 Å². The standard InChI is InChI=1S/C14H19BrO/c1-3-5-14(16)9-11(2)8-12-6-4-7-13(15)10-12/h4,6-7,10-11H,3,5,8-9H2,1-2H3. The zero-order chi connectivity index (χ0) is 12.0. The first kappa shape index (κ1) is 13.4. The number of carbonyl (C=O) groups is 1. The Labute approximate surface area is 106 Å². The molecule has 1 rings (SSSR count). The molecule has 0 spiro atoms. The first-order valence-corrected chi connectivity index (χ1v) is 6.67. The summed E-state index contributed by atoms with van der Waals surface area (Å²) in [6.07, 6.45) is 3.38. The van der Waals surface area contributed by atoms with E-state index in [2.05, 4.69) is 41.9 Å². The number of Topliss-reactive ketones (excluding diaryl/α,β-unsaturated/α-hetero) is 1. The summed E-state index contributed by atoms with van der Waals surface area (Å²) < 4.78 is 1.11. The van der Waals surface area contributed by atoms with Crippen molar-refractivity contribution in [2.24, 2.45) is 5.92 Å². The maximum atomic E-state index is 11.5. The van der Waals surface area contributed by atoms with E-state index < -0.39 is 0 Å². The molecule has 1 nitrogen and oxygen atoms in total. The molecule has 0 heterocycles. The molecule has 0 aromatic heterocycles. The lowest BCUT2D eigenvalue weighted by molar-refractivity contribution is -0.119. The molecule has 0 N–H and O–H groups in total. The molecule has 0 aliphatic heterocycles. The Bertz CT molecular complexity index is 346. The molecule has 1 unspecified atom stereocenters. The van der Waals surface area contributed by atoms with Gasteiger partial charge in [-0.25, -0.2) is 0 Å². The highest BCUT2D eigenvalue weighted by molar-refractivity contribution is 9.10. The fourth-order valence-corrected chi connectivity index (χ4v) is 2.35. The molecule has 16 heavy (non-hydrogen) atoms. The molecular weight excluding hydrogens is 264 g/mol. The second-order valence-electron chi connectivity index (χ2n) is 4.43. The molecule has 1 aromatic rings. The van der Waals surface area contributed by atoms with E-state index in [1.54, 1.807) is 0 Å². The van der Waals surface area contributed by atoms with Gasteiger partial charge in [0, 0.05) is 17.3 Å². The third kappa shape index (κ3) is 4.93. The lowest BCUT2D eigenvalue weighted by atomic mass is 9.95. The van der Waals surface area contributed by atoms with Crippen molar-refractivity contribution in [3.05, 3.63) is 34.3 Å². The van der Waals surface area contributed by atoms with Crippen LogP contribution in [0.4, 0.5) is 0 Å². The van der Waals surface area contributed by atoms with Crippen molar-refractivity contribution in [3.8, 4) is 0 Å². The highest BCUT2D eigenvalue weighted by atomic mass is 79.9. The zero-order valence-corrected chi connectivity index (χ0v) is 11.6. The Balaban J connectivity index is 2.45. The highest BCUT2D eigenvalue weighted by Gasteiger charge is 2.09. The van der Waals surface area contributed by atoms with Crippen LogP contribution < -0.4 is 0 Å². The number of benzene rings is 1. The van der Waals surface area contributed by atoms with Crippen molar-refractivity contribution in [1.82, 2.24) is 0 Å². The van der Waals surface area contributed by atoms with Crippen LogP contribution in [0.15, 0.2) is 28.7 Å². The lowest BCUT2D eigenvalue weighted by Gasteiger charge is -2.10. The number of rotatable bonds is 6. The van der Waals surface area contributed by atoms with Gasteiger partial charge in [-0.15, -0.1) is 0 Å². The monoisotopic (exact) mass is 282 g/mol. The van der Waals surface area contributed by atoms with E-state index in [9.17, 15) is 4.79 Å². The third-order valence-electron chi connectivity index (χ3n) is 2.58. The number of hydrogen-bond acceptors (Lipinski definition) is 1. The minimum Gasteiger partial charge on any atom is -0.300 e. The zero-order valence-electron chi connectivity index (χ0n) is 10.0. The van der Waals surface area contributed by atoms with E-state index in [-0.39, 0.29) is 0 Å². The SMILES string of the molecule is CCCC(=O)CC(C)Cc1cccc(Br)c1. The van der Waals surface area contributed by atoms with Gasteiger partial charge < -0.3 is 0 Å². The number of ketones is 1. The van der Waals surface area contributed by atoms with Crippen molar-refractivity contribution in [2.75, 3.05) is 0 Å². The van der Waals surface area contributed by atoms with Crippen LogP contribution in [0.3, 0.4) is 0 Å². The van der Waals surface area contributed by atoms with Crippen LogP contribution in [0.1, 0.15) is 38.7 Å². The Hall–Kier alpha value is -0.630. The van der Waals surface area contributed by atoms with Crippen molar-refractivity contribution in [1.29, 1.82) is 0 Å². The number of hydrogen-bond donors (Lipinski definition) is 0. The topological polar surface area (TPSA) is 17.1 Å². The Morgan fingerprint density at radius 1 is 1.44 bits per heavy atom. The normalized spacial score (nSPS) is 12.4. The summed E-state index contributed by atoms with van der Waals surface area (Å²) in [5.41, 5.74) is 1.30. The van der Waals surface area contributed by atoms with Crippen molar-refractivity contribution < 1.29 is 4.79 Å². The molecule has 0 radical (unpaired) electrons. The second-order valence-corrected chi connectivity index (χ2v) is 5.35. The Morgan fingerprint density at radius 2 is 2.19 bits per heavy atom. The summed E-state index contributed by atoms with van der Waals surface area (Å²) in [7, 11) is 0. The summed E-state index contributed by atoms with van der Waals surface area (Å²) in [5, 5.41) is 0. The van der Waals surface area contributed by atoms with E-state index in [0.29, 0.717) is 18.1 Å². The molecular formula is C14H19BrO. The molecule has 0 bridgehead atoms. The van der Waals surface area contributed by atoms with Crippen molar-refractivity contribution in [2.45, 2.75) is 39.5 Å². The average Bonchev–Trinajstić information content (AvgIpc) is 2.17. The molecule has 1 aromatic carbocycles. The quantitative estimate of drug-likeness (QED) is 0.756. The van der Waals surface area contributed by atoms with Gasteiger partial charge in [-0.2, -0.15) is 0 Å². The van der Waals surface area contributed by atoms with E-state index in [1.165, 1.54) is 5.56 Å². The molecule has 1 atom stereocenters. The molecule has 0 fully saturated rings. The number of halogens is 1. The van der Waals surface area contributed by atoms with Crippen LogP contribution >= 0.6 is 15.9 Å². The molecule has 0 saturated carbocycles. The van der Waals surface area contributed by atoms with Crippen LogP contribution in [0.2, 0.25) is 0 Å². The maximum Gasteiger partial charge on any atom is 0.133 e. The summed E-state index contributed by atoms with van der Waals surface area (Å²) in [6, 6.07) is 8.31. The van der Waals surface area contributed by atoms with Gasteiger partial charge in [0.1, 0.15) is 5.78 Å². The van der Waals surface area contributed by atoms with Gasteiger partial charge in [0.05, 0.1) is 0 Å². The molecule has 0 aliphatic carbocycles. The van der Waals surface area contributed by atoms with Gasteiger partial charge in [-0.1, -0.05) is 41.9 Å².